The minimum atomic E-state index is -0.924. The third kappa shape index (κ3) is 18.0. The second-order valence-electron chi connectivity index (χ2n) is 23.5. The Hall–Kier alpha value is -12.3. The molecule has 2 aromatic carbocycles. The predicted molar refractivity (Wildman–Crippen MR) is 403 cm³/mol. The van der Waals surface area contributed by atoms with Gasteiger partial charge in [0.2, 0.25) is 47.4 Å². The maximum Gasteiger partial charge on any atom is 0.354 e. The van der Waals surface area contributed by atoms with Crippen molar-refractivity contribution in [1.29, 1.82) is 1.34 Å². The number of carboxylic acids is 1. The number of nitrogens with zero attached hydrogens (tertiary/aromatic N) is 18. The molecule has 7 amide bonds. The fourth-order valence-electron chi connectivity index (χ4n) is 11.4. The maximum absolute atomic E-state index is 13.5. The Morgan fingerprint density at radius 1 is 0.454 bits per heavy atom. The van der Waals surface area contributed by atoms with Crippen LogP contribution in [0.2, 0.25) is 0 Å². The van der Waals surface area contributed by atoms with Crippen molar-refractivity contribution in [3.63, 3.8) is 0 Å². The molecule has 560 valence electrons. The number of benzene rings is 2. The summed E-state index contributed by atoms with van der Waals surface area (Å²) in [6, 6.07) is 15.8. The topological polar surface area (TPSA) is 510 Å². The Kier molecular flexibility index (Phi) is 26.9. The van der Waals surface area contributed by atoms with Gasteiger partial charge in [-0.3, -0.25) is 77.4 Å². The van der Waals surface area contributed by atoms with E-state index in [2.05, 4.69) is 74.6 Å². The Morgan fingerprint density at radius 3 is 1.08 bits per heavy atom. The van der Waals surface area contributed by atoms with Crippen LogP contribution in [0.25, 0.3) is 44.4 Å². The molecule has 10 heterocycles. The van der Waals surface area contributed by atoms with Gasteiger partial charge >= 0.3 is 5.97 Å². The van der Waals surface area contributed by atoms with E-state index in [1.54, 1.807) is 83.4 Å². The van der Waals surface area contributed by atoms with Gasteiger partial charge in [-0.05, 0) is 117 Å². The smallest absolute Gasteiger partial charge is 0.354 e. The molecule has 0 unspecified atom stereocenters. The fourth-order valence-corrected chi connectivity index (χ4v) is 11.4. The summed E-state index contributed by atoms with van der Waals surface area (Å²) < 4.78 is 29.5. The van der Waals surface area contributed by atoms with Crippen LogP contribution in [-0.2, 0) is 52.4 Å². The predicted octanol–water partition coefficient (Wildman–Crippen LogP) is 5.24. The van der Waals surface area contributed by atoms with Gasteiger partial charge in [0.05, 0.1) is 59.2 Å². The maximum atomic E-state index is 13.5. The van der Waals surface area contributed by atoms with Crippen LogP contribution in [0.5, 0.6) is 11.5 Å². The zero-order chi connectivity index (χ0) is 77.8. The number of methoxy groups -OCH3 is 2. The molecule has 10 aromatic heterocycles. The number of primary amides is 4. The van der Waals surface area contributed by atoms with E-state index in [0.29, 0.717) is 123 Å². The number of carboxylic acid groups (broad SMARTS) is 1. The molecule has 0 spiro atoms. The van der Waals surface area contributed by atoms with E-state index in [4.69, 9.17) is 44.6 Å². The molecule has 2 radical (unpaired) electrons. The van der Waals surface area contributed by atoms with Gasteiger partial charge in [0.15, 0.2) is 11.3 Å². The number of amides is 7. The molecule has 40 heteroatoms. The molecule has 12 aromatic rings. The van der Waals surface area contributed by atoms with Crippen molar-refractivity contribution in [2.75, 3.05) is 35.9 Å². The Morgan fingerprint density at radius 2 is 0.750 bits per heavy atom. The van der Waals surface area contributed by atoms with E-state index in [0.717, 1.165) is 5.69 Å². The number of ether oxygens (including phenoxy) is 2. The fraction of sp³-hybridized carbons (Fsp3) is 0.265. The molecule has 0 bridgehead atoms. The zero-order valence-electron chi connectivity index (χ0n) is 61.3. The number of nitrogen functional groups attached to an aromatic ring is 1. The summed E-state index contributed by atoms with van der Waals surface area (Å²) >= 11 is 0. The third-order valence-corrected chi connectivity index (χ3v) is 16.3. The number of nitrogens with two attached hydrogens (primary N) is 5. The molecule has 14 N–H and O–H groups in total. The van der Waals surface area contributed by atoms with Crippen LogP contribution in [0.4, 0.5) is 23.8 Å². The van der Waals surface area contributed by atoms with Gasteiger partial charge in [-0.25, -0.2) is 34.7 Å². The van der Waals surface area contributed by atoms with Crippen LogP contribution >= 0.6 is 17.0 Å². The van der Waals surface area contributed by atoms with Crippen molar-refractivity contribution in [2.24, 2.45) is 22.9 Å². The molecule has 37 nitrogen and oxygen atoms in total. The summed E-state index contributed by atoms with van der Waals surface area (Å²) in [5, 5.41) is 34.3. The van der Waals surface area contributed by atoms with Gasteiger partial charge in [0, 0.05) is 115 Å². The van der Waals surface area contributed by atoms with Gasteiger partial charge in [-0.15, -0.1) is 17.0 Å². The molecule has 108 heavy (non-hydrogen) atoms. The first-order valence-electron chi connectivity index (χ1n) is 33.2. The van der Waals surface area contributed by atoms with Crippen molar-refractivity contribution in [3.05, 3.63) is 165 Å². The number of nitrogens with one attached hydrogen (secondary N) is 3. The number of carbonyl (C=O) groups excluding carboxylic acids is 7. The van der Waals surface area contributed by atoms with Crippen LogP contribution in [0.1, 0.15) is 134 Å². The van der Waals surface area contributed by atoms with E-state index in [-0.39, 0.29) is 119 Å². The van der Waals surface area contributed by atoms with Gasteiger partial charge in [0.1, 0.15) is 56.3 Å². The van der Waals surface area contributed by atoms with Crippen LogP contribution in [0, 0.1) is 58.8 Å². The van der Waals surface area contributed by atoms with Crippen molar-refractivity contribution in [2.45, 2.75) is 108 Å². The molecule has 0 saturated heterocycles. The molecular formula is C68H78BBrN26O11U. The summed E-state index contributed by atoms with van der Waals surface area (Å²) in [6.07, 6.45) is 10.1. The first kappa shape index (κ1) is 81.4. The van der Waals surface area contributed by atoms with E-state index < -0.39 is 47.3 Å². The second-order valence-corrected chi connectivity index (χ2v) is 23.5. The summed E-state index contributed by atoms with van der Waals surface area (Å²) in [6.45, 7) is 17.7. The minimum absolute atomic E-state index is 0. The van der Waals surface area contributed by atoms with Crippen molar-refractivity contribution < 1.29 is 84.0 Å². The van der Waals surface area contributed by atoms with Gasteiger partial charge in [-0.1, -0.05) is 24.3 Å². The average Bonchev–Trinajstić information content (AvgIpc) is 1.64. The summed E-state index contributed by atoms with van der Waals surface area (Å²) in [5.41, 5.74) is 36.5. The number of allylic oxidation sites excluding steroid dienone is 4. The first-order valence-corrected chi connectivity index (χ1v) is 32.7. The standard InChI is InChI=1S/C34H37N13O5.C27H29N11O4.C7H10N2O2.BH.BrH.U/c1-6-46-24(12-18(3)42-46)31(50)40-33-38-22-14-20(28(35)48)16-26(52-5)27(22)44(33)10-8-9-11-45-30-23(15-21(17-37-30)29(36)49)39-34(45)41-32(51)25-13-19(4)43-47(25)7-2;1-4-38-19(9-14(2)35-38)25(41)34-27-33-17-10-15(22(28)39)12-20(42-3)21(17)36(27)7-5-6-8-37-24-18(32-26(37)30)11-16(13-31-24)23(29)40;1-3-9-6(7(10)11)4-5(2)8-9;;;/h8-9,12-17H,6-7,10-11H2,1-5H3,(H2,35,48)(H2,36,49)(H,38,40,50)(H,39,41,51);5-6,9-13H,4,7-8H2,1-3H3,(H2,28,39)(H2,29,40)(H2,30,32)(H,33,34,41);4H,3H2,1-2H3,(H,10,11);2*1H;/b9-8+;6-5+;;;;/i;;;1T;;. The van der Waals surface area contributed by atoms with Crippen molar-refractivity contribution in [1.82, 2.24) is 87.3 Å². The Bertz CT molecular complexity index is 5510. The Labute approximate surface area is 652 Å². The van der Waals surface area contributed by atoms with Gasteiger partial charge in [0.25, 0.3) is 17.7 Å². The third-order valence-electron chi connectivity index (χ3n) is 16.3. The number of imidazole rings is 4. The number of halogens is 1. The number of hydrogen-bond donors (Lipinski definition) is 9. The number of aromatic carboxylic acids is 1. The van der Waals surface area contributed by atoms with E-state index in [1.165, 1.54) is 61.6 Å². The van der Waals surface area contributed by atoms with Crippen LogP contribution in [0.3, 0.4) is 0 Å². The molecule has 0 aliphatic carbocycles. The number of aromatic nitrogens is 18. The number of aryl methyl sites for hydroxylation is 8. The molecule has 0 aliphatic rings. The van der Waals surface area contributed by atoms with E-state index in [9.17, 15) is 38.4 Å². The van der Waals surface area contributed by atoms with Gasteiger partial charge < -0.3 is 52.4 Å². The number of hydrogen-bond acceptors (Lipinski definition) is 21. The van der Waals surface area contributed by atoms with Crippen LogP contribution in [-0.4, -0.2) is 164 Å². The van der Waals surface area contributed by atoms with E-state index in [1.807, 2.05) is 58.9 Å². The summed E-state index contributed by atoms with van der Waals surface area (Å²) in [5.74, 6) is -3.25. The average molecular weight is 1770 g/mol. The quantitative estimate of drug-likeness (QED) is 0.0261. The molecule has 0 fully saturated rings. The normalized spacial score (nSPS) is 11.1. The SMILES string of the molecule is Br.CCn1nc(C)cc1C(=O)Nc1nc2cc(C(N)=O)cc(OC)c2n1C/C=C/Cn1c(N)nc2cc(C(N)=O)cnc21.CCn1nc(C)cc1C(=O)Nc1nc2cc(C(N)=O)cnc2n1C/C=C/Cn1c(NC(=O)c2cc(C)nn2CC)nc2cc(C(N)=O)cc(OC)c21.CCn1nc(C)cc1C(=O)O.[3H][B].[U]. The molecule has 0 aliphatic heterocycles. The monoisotopic (exact) mass is 1760 g/mol. The van der Waals surface area contributed by atoms with Crippen molar-refractivity contribution in [3.8, 4) is 11.5 Å². The molecule has 0 saturated carbocycles. The van der Waals surface area contributed by atoms with Crippen LogP contribution < -0.4 is 54.1 Å². The zero-order valence-corrected chi connectivity index (χ0v) is 66.2. The molecule has 0 atom stereocenters. The first-order chi connectivity index (χ1) is 51.2. The second kappa shape index (κ2) is 35.7. The number of fused-ring (bicyclic) bond motifs is 4. The largest absolute Gasteiger partial charge is 0.494 e. The number of anilines is 4. The van der Waals surface area contributed by atoms with Crippen molar-refractivity contribution >= 4 is 141 Å². The Balaban J connectivity index is 0.000000260. The number of pyridine rings is 2. The summed E-state index contributed by atoms with van der Waals surface area (Å²) in [7, 11) is 6.68. The number of rotatable bonds is 25. The van der Waals surface area contributed by atoms with E-state index >= 15 is 0 Å². The molecule has 12 rings (SSSR count). The van der Waals surface area contributed by atoms with Crippen LogP contribution in [0.15, 0.2) is 97.4 Å². The molecular weight excluding hydrogens is 1690 g/mol. The summed E-state index contributed by atoms with van der Waals surface area (Å²) in [4.78, 5) is 125. The van der Waals surface area contributed by atoms with Gasteiger partial charge in [-0.2, -0.15) is 20.4 Å². The minimum Gasteiger partial charge on any atom is -0.494 e. The number of carbonyl (C=O) groups is 8.